The maximum Gasteiger partial charge on any atom is 0.175 e. The Morgan fingerprint density at radius 1 is 0.694 bits per heavy atom. The fourth-order valence-electron chi connectivity index (χ4n) is 3.36. The van der Waals surface area contributed by atoms with Crippen LogP contribution in [-0.4, -0.2) is 21.8 Å². The van der Waals surface area contributed by atoms with Gasteiger partial charge in [-0.2, -0.15) is 0 Å². The lowest BCUT2D eigenvalue weighted by Crippen LogP contribution is -2.21. The highest BCUT2D eigenvalue weighted by Crippen LogP contribution is 2.48. The van der Waals surface area contributed by atoms with Crippen LogP contribution in [0.2, 0.25) is 10.0 Å². The van der Waals surface area contributed by atoms with Crippen molar-refractivity contribution in [3.8, 4) is 0 Å². The van der Waals surface area contributed by atoms with E-state index in [1.54, 1.807) is 24.3 Å². The minimum atomic E-state index is -0.140. The minimum absolute atomic E-state index is 0.140. The van der Waals surface area contributed by atoms with E-state index in [2.05, 4.69) is 21.3 Å². The average Bonchev–Trinajstić information content (AvgIpc) is 3.34. The number of carbonyl (C=O) groups is 2. The topological polar surface area (TPSA) is 82.3 Å². The number of benzene rings is 2. The molecular formula is C24H18Cl2N4O2S4. The summed E-state index contributed by atoms with van der Waals surface area (Å²) in [6.07, 6.45) is 0. The van der Waals surface area contributed by atoms with Crippen molar-refractivity contribution in [2.75, 3.05) is 21.3 Å². The van der Waals surface area contributed by atoms with Gasteiger partial charge in [0.05, 0.1) is 51.9 Å². The second kappa shape index (κ2) is 11.2. The van der Waals surface area contributed by atoms with Crippen LogP contribution in [0.1, 0.15) is 33.2 Å². The highest BCUT2D eigenvalue weighted by atomic mass is 35.5. The quantitative estimate of drug-likeness (QED) is 0.131. The first-order chi connectivity index (χ1) is 17.2. The van der Waals surface area contributed by atoms with Crippen molar-refractivity contribution < 1.29 is 9.59 Å². The van der Waals surface area contributed by atoms with Crippen LogP contribution in [0.3, 0.4) is 0 Å². The second-order valence-electron chi connectivity index (χ2n) is 7.51. The fraction of sp³-hybridized carbons (Fsp3) is 0.0833. The van der Waals surface area contributed by atoms with Gasteiger partial charge < -0.3 is 21.3 Å². The average molecular weight is 594 g/mol. The van der Waals surface area contributed by atoms with E-state index >= 15 is 0 Å². The monoisotopic (exact) mass is 592 g/mol. The van der Waals surface area contributed by atoms with Crippen molar-refractivity contribution in [2.24, 2.45) is 0 Å². The van der Waals surface area contributed by atoms with Crippen molar-refractivity contribution in [2.45, 2.75) is 13.8 Å². The van der Waals surface area contributed by atoms with Gasteiger partial charge in [-0.3, -0.25) is 9.59 Å². The molecule has 0 aliphatic carbocycles. The zero-order valence-electron chi connectivity index (χ0n) is 18.8. The summed E-state index contributed by atoms with van der Waals surface area (Å²) in [7, 11) is 0. The van der Waals surface area contributed by atoms with Crippen molar-refractivity contribution in [1.29, 1.82) is 0 Å². The summed E-state index contributed by atoms with van der Waals surface area (Å²) in [5, 5.41) is 14.5. The molecule has 0 aliphatic rings. The lowest BCUT2D eigenvalue weighted by Gasteiger charge is -2.15. The molecule has 2 aromatic heterocycles. The van der Waals surface area contributed by atoms with Gasteiger partial charge in [-0.25, -0.2) is 0 Å². The van der Waals surface area contributed by atoms with E-state index < -0.39 is 0 Å². The van der Waals surface area contributed by atoms with Crippen LogP contribution in [-0.2, 0) is 0 Å². The number of ketones is 2. The smallest absolute Gasteiger partial charge is 0.175 e. The van der Waals surface area contributed by atoms with Crippen molar-refractivity contribution in [3.63, 3.8) is 0 Å². The third-order valence-electron chi connectivity index (χ3n) is 4.91. The van der Waals surface area contributed by atoms with Gasteiger partial charge in [0.2, 0.25) is 0 Å². The lowest BCUT2D eigenvalue weighted by atomic mass is 10.2. The van der Waals surface area contributed by atoms with Gasteiger partial charge in [-0.1, -0.05) is 47.5 Å². The number of nitrogens with one attached hydrogen (secondary N) is 4. The number of halogens is 2. The molecule has 36 heavy (non-hydrogen) atoms. The van der Waals surface area contributed by atoms with Gasteiger partial charge in [-0.15, -0.1) is 22.7 Å². The Balaban J connectivity index is 1.73. The van der Waals surface area contributed by atoms with E-state index in [4.69, 9.17) is 47.6 Å². The Morgan fingerprint density at radius 3 is 1.44 bits per heavy atom. The highest BCUT2D eigenvalue weighted by molar-refractivity contribution is 7.81. The third-order valence-corrected chi connectivity index (χ3v) is 8.65. The number of thiocarbonyl (C=S) groups is 2. The number of thiophene rings is 2. The molecule has 2 aromatic carbocycles. The zero-order valence-corrected chi connectivity index (χ0v) is 23.6. The van der Waals surface area contributed by atoms with E-state index in [1.165, 1.54) is 36.5 Å². The van der Waals surface area contributed by atoms with E-state index in [-0.39, 0.29) is 21.8 Å². The van der Waals surface area contributed by atoms with Crippen LogP contribution in [0.25, 0.3) is 9.40 Å². The van der Waals surface area contributed by atoms with Crippen LogP contribution >= 0.6 is 70.3 Å². The summed E-state index contributed by atoms with van der Waals surface area (Å²) in [6, 6.07) is 14.3. The molecule has 0 aliphatic heterocycles. The molecule has 0 saturated carbocycles. The number of hydrogen-bond donors (Lipinski definition) is 4. The number of rotatable bonds is 6. The Bertz CT molecular complexity index is 1420. The lowest BCUT2D eigenvalue weighted by molar-refractivity contribution is 0.101. The Morgan fingerprint density at radius 2 is 1.08 bits per heavy atom. The van der Waals surface area contributed by atoms with E-state index in [0.717, 1.165) is 4.01 Å². The van der Waals surface area contributed by atoms with Crippen LogP contribution in [0.4, 0.5) is 22.7 Å². The largest absolute Gasteiger partial charge is 0.331 e. The molecule has 4 aromatic rings. The molecule has 2 heterocycles. The third kappa shape index (κ3) is 5.69. The number of carbonyl (C=O) groups excluding carboxylic acids is 2. The van der Waals surface area contributed by atoms with E-state index in [1.807, 2.05) is 24.3 Å². The van der Waals surface area contributed by atoms with Crippen molar-refractivity contribution in [3.05, 3.63) is 68.3 Å². The standard InChI is InChI=1S/C24H18Cl2N4O2S4/c1-11(31)20-18(29-23(33)27-15-9-5-3-7-13(15)25)17-19(21(12(2)32)36-22(17)35-20)30-24(34)28-16-10-6-4-8-14(16)26/h3-10H,1-2H3,(H2,27,29,33)(H2,28,30,34). The zero-order chi connectivity index (χ0) is 26.0. The fourth-order valence-corrected chi connectivity index (χ4v) is 6.60. The summed E-state index contributed by atoms with van der Waals surface area (Å²) < 4.78 is 0.775. The summed E-state index contributed by atoms with van der Waals surface area (Å²) in [5.74, 6) is -0.280. The predicted octanol–water partition coefficient (Wildman–Crippen LogP) is 8.29. The van der Waals surface area contributed by atoms with E-state index in [0.29, 0.717) is 47.9 Å². The summed E-state index contributed by atoms with van der Waals surface area (Å²) >= 11 is 26.1. The van der Waals surface area contributed by atoms with Gasteiger partial charge in [0.15, 0.2) is 21.8 Å². The van der Waals surface area contributed by atoms with Gasteiger partial charge in [-0.05, 0) is 48.7 Å². The number of anilines is 4. The maximum atomic E-state index is 12.5. The molecule has 0 amide bonds. The molecule has 0 bridgehead atoms. The predicted molar refractivity (Wildman–Crippen MR) is 162 cm³/mol. The molecule has 0 unspecified atom stereocenters. The minimum Gasteiger partial charge on any atom is -0.331 e. The number of fused-ring (bicyclic) bond motifs is 1. The number of Topliss-reactive ketones (excluding diaryl/α,β-unsaturated/α-hetero) is 2. The summed E-state index contributed by atoms with van der Waals surface area (Å²) in [5.41, 5.74) is 2.20. The molecule has 0 radical (unpaired) electrons. The molecule has 184 valence electrons. The molecule has 12 heteroatoms. The van der Waals surface area contributed by atoms with Crippen molar-refractivity contribution >= 4 is 124 Å². The van der Waals surface area contributed by atoms with Crippen molar-refractivity contribution in [1.82, 2.24) is 0 Å². The Kier molecular flexibility index (Phi) is 8.23. The first-order valence-electron chi connectivity index (χ1n) is 10.4. The molecule has 0 spiro atoms. The summed E-state index contributed by atoms with van der Waals surface area (Å²) in [4.78, 5) is 26.0. The maximum absolute atomic E-state index is 12.5. The highest BCUT2D eigenvalue weighted by Gasteiger charge is 2.26. The Hall–Kier alpha value is -2.60. The first-order valence-corrected chi connectivity index (χ1v) is 13.6. The summed E-state index contributed by atoms with van der Waals surface area (Å²) in [6.45, 7) is 2.96. The van der Waals surface area contributed by atoms with Gasteiger partial charge in [0.1, 0.15) is 0 Å². The second-order valence-corrected chi connectivity index (χ2v) is 11.4. The van der Waals surface area contributed by atoms with E-state index in [9.17, 15) is 9.59 Å². The first kappa shape index (κ1) is 26.5. The van der Waals surface area contributed by atoms with Gasteiger partial charge >= 0.3 is 0 Å². The van der Waals surface area contributed by atoms with Crippen LogP contribution in [0.5, 0.6) is 0 Å². The van der Waals surface area contributed by atoms with Crippen LogP contribution < -0.4 is 21.3 Å². The van der Waals surface area contributed by atoms with Gasteiger partial charge in [0.25, 0.3) is 0 Å². The molecule has 0 fully saturated rings. The van der Waals surface area contributed by atoms with Crippen LogP contribution in [0.15, 0.2) is 48.5 Å². The van der Waals surface area contributed by atoms with Gasteiger partial charge in [0, 0.05) is 13.8 Å². The number of para-hydroxylation sites is 2. The molecule has 4 N–H and O–H groups in total. The molecule has 0 atom stereocenters. The molecule has 6 nitrogen and oxygen atoms in total. The molecule has 4 rings (SSSR count). The number of hydrogen-bond acceptors (Lipinski definition) is 6. The normalized spacial score (nSPS) is 10.7. The molecular weight excluding hydrogens is 575 g/mol. The Labute approximate surface area is 236 Å². The SMILES string of the molecule is CC(=O)c1sc2sc(C(C)=O)c(NC(=S)Nc3ccccc3Cl)c2c1NC(=S)Nc1ccccc1Cl. The molecule has 0 saturated heterocycles. The van der Waals surface area contributed by atoms with Crippen LogP contribution in [0, 0.1) is 0 Å².